The van der Waals surface area contributed by atoms with E-state index in [-0.39, 0.29) is 18.6 Å². The molecule has 0 fully saturated rings. The first-order valence-electron chi connectivity index (χ1n) is 5.44. The molecule has 4 nitrogen and oxygen atoms in total. The van der Waals surface area contributed by atoms with Crippen LogP contribution in [0.1, 0.15) is 18.5 Å². The quantitative estimate of drug-likeness (QED) is 0.769. The fraction of sp³-hybridized carbons (Fsp3) is 0.308. The molecule has 1 heterocycles. The number of rotatable bonds is 3. The van der Waals surface area contributed by atoms with Gasteiger partial charge in [0.25, 0.3) is 5.91 Å². The molecule has 17 heavy (non-hydrogen) atoms. The van der Waals surface area contributed by atoms with Crippen molar-refractivity contribution in [1.29, 1.82) is 0 Å². The first-order chi connectivity index (χ1) is 8.20. The number of nitrogens with one attached hydrogen (secondary N) is 2. The standard InChI is InChI=1S/C13H14N2O2/c1-3-6-14-9(2)10-4-5-12-11(7-10)15-13(16)8-17-12/h1,4-5,7,9,14H,6,8H2,2H3,(H,15,16)/t9-/m1/s1. The summed E-state index contributed by atoms with van der Waals surface area (Å²) in [6.45, 7) is 2.61. The van der Waals surface area contributed by atoms with E-state index < -0.39 is 0 Å². The van der Waals surface area contributed by atoms with Gasteiger partial charge >= 0.3 is 0 Å². The second-order valence-corrected chi connectivity index (χ2v) is 3.90. The Bertz CT molecular complexity index is 477. The average Bonchev–Trinajstić information content (AvgIpc) is 2.35. The zero-order valence-corrected chi connectivity index (χ0v) is 9.62. The zero-order valence-electron chi connectivity index (χ0n) is 9.62. The van der Waals surface area contributed by atoms with Crippen LogP contribution in [0, 0.1) is 12.3 Å². The van der Waals surface area contributed by atoms with E-state index in [1.807, 2.05) is 25.1 Å². The van der Waals surface area contributed by atoms with E-state index in [4.69, 9.17) is 11.2 Å². The first kappa shape index (κ1) is 11.5. The van der Waals surface area contributed by atoms with Crippen LogP contribution in [0.3, 0.4) is 0 Å². The smallest absolute Gasteiger partial charge is 0.262 e. The lowest BCUT2D eigenvalue weighted by molar-refractivity contribution is -0.118. The molecule has 0 aromatic heterocycles. The number of hydrogen-bond acceptors (Lipinski definition) is 3. The number of hydrogen-bond donors (Lipinski definition) is 2. The van der Waals surface area contributed by atoms with Crippen molar-refractivity contribution in [2.24, 2.45) is 0 Å². The van der Waals surface area contributed by atoms with Gasteiger partial charge in [0.15, 0.2) is 6.61 Å². The van der Waals surface area contributed by atoms with E-state index in [0.717, 1.165) is 5.56 Å². The topological polar surface area (TPSA) is 50.4 Å². The van der Waals surface area contributed by atoms with Crippen LogP contribution in [0.5, 0.6) is 5.75 Å². The summed E-state index contributed by atoms with van der Waals surface area (Å²) in [6, 6.07) is 5.86. The van der Waals surface area contributed by atoms with Crippen molar-refractivity contribution in [2.45, 2.75) is 13.0 Å². The normalized spacial score (nSPS) is 15.2. The maximum Gasteiger partial charge on any atom is 0.262 e. The largest absolute Gasteiger partial charge is 0.482 e. The van der Waals surface area contributed by atoms with Gasteiger partial charge in [-0.05, 0) is 24.6 Å². The minimum absolute atomic E-state index is 0.0806. The Morgan fingerprint density at radius 1 is 1.65 bits per heavy atom. The van der Waals surface area contributed by atoms with Gasteiger partial charge in [0.2, 0.25) is 0 Å². The molecule has 2 rings (SSSR count). The molecule has 1 aliphatic heterocycles. The molecule has 0 radical (unpaired) electrons. The summed E-state index contributed by atoms with van der Waals surface area (Å²) in [4.78, 5) is 11.2. The van der Waals surface area contributed by atoms with E-state index in [2.05, 4.69) is 16.6 Å². The highest BCUT2D eigenvalue weighted by Gasteiger charge is 2.17. The molecule has 0 unspecified atom stereocenters. The van der Waals surface area contributed by atoms with Gasteiger partial charge < -0.3 is 10.1 Å². The van der Waals surface area contributed by atoms with Gasteiger partial charge in [0.05, 0.1) is 12.2 Å². The average molecular weight is 230 g/mol. The van der Waals surface area contributed by atoms with Gasteiger partial charge in [-0.1, -0.05) is 12.0 Å². The van der Waals surface area contributed by atoms with E-state index in [1.54, 1.807) is 0 Å². The SMILES string of the molecule is C#CCN[C@H](C)c1ccc2c(c1)NC(=O)CO2. The Labute approximate surface area is 100 Å². The van der Waals surface area contributed by atoms with Crippen LogP contribution in [0.4, 0.5) is 5.69 Å². The number of fused-ring (bicyclic) bond motifs is 1. The summed E-state index contributed by atoms with van der Waals surface area (Å²) >= 11 is 0. The number of anilines is 1. The molecule has 0 saturated carbocycles. The minimum atomic E-state index is -0.126. The molecule has 1 aromatic rings. The second-order valence-electron chi connectivity index (χ2n) is 3.90. The molecule has 0 bridgehead atoms. The molecule has 4 heteroatoms. The summed E-state index contributed by atoms with van der Waals surface area (Å²) in [5, 5.41) is 5.96. The molecular weight excluding hydrogens is 216 g/mol. The lowest BCUT2D eigenvalue weighted by Crippen LogP contribution is -2.26. The molecule has 1 aromatic carbocycles. The third-order valence-electron chi connectivity index (χ3n) is 2.65. The highest BCUT2D eigenvalue weighted by molar-refractivity contribution is 5.95. The van der Waals surface area contributed by atoms with Crippen molar-refractivity contribution in [3.05, 3.63) is 23.8 Å². The fourth-order valence-electron chi connectivity index (χ4n) is 1.70. The predicted octanol–water partition coefficient (Wildman–Crippen LogP) is 1.30. The maximum absolute atomic E-state index is 11.2. The molecule has 1 aliphatic rings. The highest BCUT2D eigenvalue weighted by Crippen LogP contribution is 2.30. The third kappa shape index (κ3) is 2.58. The summed E-state index contributed by atoms with van der Waals surface area (Å²) in [5.74, 6) is 3.11. The second kappa shape index (κ2) is 4.89. The Morgan fingerprint density at radius 2 is 2.47 bits per heavy atom. The van der Waals surface area contributed by atoms with Gasteiger partial charge in [-0.3, -0.25) is 10.1 Å². The van der Waals surface area contributed by atoms with Crippen LogP contribution in [-0.2, 0) is 4.79 Å². The van der Waals surface area contributed by atoms with Crippen molar-refractivity contribution in [1.82, 2.24) is 5.32 Å². The van der Waals surface area contributed by atoms with Crippen LogP contribution in [0.2, 0.25) is 0 Å². The Morgan fingerprint density at radius 3 is 3.24 bits per heavy atom. The van der Waals surface area contributed by atoms with E-state index >= 15 is 0 Å². The van der Waals surface area contributed by atoms with Gasteiger partial charge in [-0.2, -0.15) is 0 Å². The van der Waals surface area contributed by atoms with Crippen molar-refractivity contribution in [2.75, 3.05) is 18.5 Å². The summed E-state index contributed by atoms with van der Waals surface area (Å²) < 4.78 is 5.29. The molecule has 0 saturated heterocycles. The Balaban J connectivity index is 2.18. The number of carbonyl (C=O) groups excluding carboxylic acids is 1. The van der Waals surface area contributed by atoms with Crippen LogP contribution >= 0.6 is 0 Å². The number of terminal acetylenes is 1. The van der Waals surface area contributed by atoms with Crippen molar-refractivity contribution < 1.29 is 9.53 Å². The minimum Gasteiger partial charge on any atom is -0.482 e. The van der Waals surface area contributed by atoms with Crippen LogP contribution in [0.15, 0.2) is 18.2 Å². The van der Waals surface area contributed by atoms with E-state index in [9.17, 15) is 4.79 Å². The van der Waals surface area contributed by atoms with Crippen LogP contribution in [-0.4, -0.2) is 19.1 Å². The fourth-order valence-corrected chi connectivity index (χ4v) is 1.70. The molecule has 2 N–H and O–H groups in total. The predicted molar refractivity (Wildman–Crippen MR) is 65.8 cm³/mol. The Hall–Kier alpha value is -1.99. The van der Waals surface area contributed by atoms with Gasteiger partial charge in [0, 0.05) is 6.04 Å². The van der Waals surface area contributed by atoms with E-state index in [1.165, 1.54) is 0 Å². The van der Waals surface area contributed by atoms with E-state index in [0.29, 0.717) is 18.0 Å². The lowest BCUT2D eigenvalue weighted by Gasteiger charge is -2.20. The van der Waals surface area contributed by atoms with Crippen LogP contribution < -0.4 is 15.4 Å². The molecule has 0 spiro atoms. The maximum atomic E-state index is 11.2. The van der Waals surface area contributed by atoms with Gasteiger partial charge in [-0.15, -0.1) is 6.42 Å². The highest BCUT2D eigenvalue weighted by atomic mass is 16.5. The molecule has 1 amide bonds. The summed E-state index contributed by atoms with van der Waals surface area (Å²) in [7, 11) is 0. The third-order valence-corrected chi connectivity index (χ3v) is 2.65. The number of benzene rings is 1. The summed E-state index contributed by atoms with van der Waals surface area (Å²) in [5.41, 5.74) is 1.78. The lowest BCUT2D eigenvalue weighted by atomic mass is 10.1. The van der Waals surface area contributed by atoms with Crippen LogP contribution in [0.25, 0.3) is 0 Å². The van der Waals surface area contributed by atoms with Gasteiger partial charge in [0.1, 0.15) is 5.75 Å². The van der Waals surface area contributed by atoms with Gasteiger partial charge in [-0.25, -0.2) is 0 Å². The van der Waals surface area contributed by atoms with Crippen molar-refractivity contribution >= 4 is 11.6 Å². The molecule has 88 valence electrons. The number of amides is 1. The van der Waals surface area contributed by atoms with Crippen molar-refractivity contribution in [3.63, 3.8) is 0 Å². The molecular formula is C13H14N2O2. The molecule has 1 atom stereocenters. The number of carbonyl (C=O) groups is 1. The summed E-state index contributed by atoms with van der Waals surface area (Å²) in [6.07, 6.45) is 5.19. The molecule has 0 aliphatic carbocycles. The first-order valence-corrected chi connectivity index (χ1v) is 5.44. The number of ether oxygens (including phenoxy) is 1. The zero-order chi connectivity index (χ0) is 12.3. The van der Waals surface area contributed by atoms with Crippen molar-refractivity contribution in [3.8, 4) is 18.1 Å². The Kier molecular flexibility index (Phi) is 3.31. The monoisotopic (exact) mass is 230 g/mol.